The van der Waals surface area contributed by atoms with Gasteiger partial charge in [-0.15, -0.1) is 0 Å². The van der Waals surface area contributed by atoms with E-state index in [9.17, 15) is 8.42 Å². The van der Waals surface area contributed by atoms with Crippen LogP contribution in [0.3, 0.4) is 0 Å². The minimum Gasteiger partial charge on any atom is -0.370 e. The van der Waals surface area contributed by atoms with Crippen molar-refractivity contribution in [1.82, 2.24) is 4.98 Å². The van der Waals surface area contributed by atoms with Crippen LogP contribution in [0.2, 0.25) is 0 Å². The summed E-state index contributed by atoms with van der Waals surface area (Å²) in [6.45, 7) is 2.08. The highest BCUT2D eigenvalue weighted by Gasteiger charge is 2.15. The number of hydrogen-bond donors (Lipinski definition) is 1. The standard InChI is InChI=1S/C15H17N3O2S/c19-21(20,14-6-2-1-3-7-14)17-15-9-8-13(12-16-15)18-10-4-5-11-18/h1-3,6-9,12H,4-5,10-11H2,(H,16,17). The largest absolute Gasteiger partial charge is 0.370 e. The first-order chi connectivity index (χ1) is 10.1. The Morgan fingerprint density at radius 2 is 1.71 bits per heavy atom. The molecular weight excluding hydrogens is 286 g/mol. The maximum atomic E-state index is 12.2. The van der Waals surface area contributed by atoms with Crippen LogP contribution in [0.1, 0.15) is 12.8 Å². The first-order valence-corrected chi connectivity index (χ1v) is 8.42. The summed E-state index contributed by atoms with van der Waals surface area (Å²) in [5.74, 6) is 0.335. The molecule has 1 aliphatic heterocycles. The first kappa shape index (κ1) is 13.9. The molecule has 3 rings (SSSR count). The summed E-state index contributed by atoms with van der Waals surface area (Å²) in [7, 11) is -3.57. The molecule has 21 heavy (non-hydrogen) atoms. The van der Waals surface area contributed by atoms with Crippen molar-refractivity contribution in [2.75, 3.05) is 22.7 Å². The van der Waals surface area contributed by atoms with Gasteiger partial charge in [-0.3, -0.25) is 4.72 Å². The van der Waals surface area contributed by atoms with Crippen molar-refractivity contribution < 1.29 is 8.42 Å². The van der Waals surface area contributed by atoms with Gasteiger partial charge in [-0.05, 0) is 37.1 Å². The highest BCUT2D eigenvalue weighted by atomic mass is 32.2. The van der Waals surface area contributed by atoms with E-state index in [2.05, 4.69) is 14.6 Å². The van der Waals surface area contributed by atoms with Crippen LogP contribution >= 0.6 is 0 Å². The van der Waals surface area contributed by atoms with E-state index in [0.29, 0.717) is 5.82 Å². The van der Waals surface area contributed by atoms with Crippen LogP contribution in [0.25, 0.3) is 0 Å². The molecular formula is C15H17N3O2S. The van der Waals surface area contributed by atoms with E-state index in [1.165, 1.54) is 12.8 Å². The lowest BCUT2D eigenvalue weighted by Gasteiger charge is -2.17. The monoisotopic (exact) mass is 303 g/mol. The third-order valence-electron chi connectivity index (χ3n) is 3.51. The van der Waals surface area contributed by atoms with Gasteiger partial charge in [-0.25, -0.2) is 13.4 Å². The lowest BCUT2D eigenvalue weighted by atomic mass is 10.4. The molecule has 0 unspecified atom stereocenters. The van der Waals surface area contributed by atoms with Gasteiger partial charge in [0.1, 0.15) is 5.82 Å². The maximum Gasteiger partial charge on any atom is 0.263 e. The van der Waals surface area contributed by atoms with Gasteiger partial charge in [0, 0.05) is 13.1 Å². The van der Waals surface area contributed by atoms with Crippen LogP contribution in [-0.4, -0.2) is 26.5 Å². The molecule has 0 saturated carbocycles. The molecule has 0 aliphatic carbocycles. The second-order valence-electron chi connectivity index (χ2n) is 5.01. The van der Waals surface area contributed by atoms with Gasteiger partial charge in [0.05, 0.1) is 16.8 Å². The molecule has 0 radical (unpaired) electrons. The van der Waals surface area contributed by atoms with Crippen molar-refractivity contribution in [3.8, 4) is 0 Å². The second-order valence-corrected chi connectivity index (χ2v) is 6.70. The predicted molar refractivity (Wildman–Crippen MR) is 82.9 cm³/mol. The van der Waals surface area contributed by atoms with Gasteiger partial charge < -0.3 is 4.90 Å². The fraction of sp³-hybridized carbons (Fsp3) is 0.267. The van der Waals surface area contributed by atoms with Gasteiger partial charge in [0.2, 0.25) is 0 Å². The summed E-state index contributed by atoms with van der Waals surface area (Å²) in [6.07, 6.45) is 4.11. The highest BCUT2D eigenvalue weighted by Crippen LogP contribution is 2.21. The number of aromatic nitrogens is 1. The molecule has 1 N–H and O–H groups in total. The van der Waals surface area contributed by atoms with E-state index in [1.807, 2.05) is 6.07 Å². The van der Waals surface area contributed by atoms with Crippen molar-refractivity contribution in [3.63, 3.8) is 0 Å². The zero-order valence-corrected chi connectivity index (χ0v) is 12.4. The molecule has 1 aromatic carbocycles. The predicted octanol–water partition coefficient (Wildman–Crippen LogP) is 2.48. The quantitative estimate of drug-likeness (QED) is 0.942. The fourth-order valence-corrected chi connectivity index (χ4v) is 3.43. The molecule has 5 nitrogen and oxygen atoms in total. The topological polar surface area (TPSA) is 62.3 Å². The molecule has 1 aliphatic rings. The third-order valence-corrected chi connectivity index (χ3v) is 4.88. The molecule has 1 fully saturated rings. The normalized spacial score (nSPS) is 15.1. The van der Waals surface area contributed by atoms with Crippen molar-refractivity contribution in [2.45, 2.75) is 17.7 Å². The Labute approximate surface area is 124 Å². The summed E-state index contributed by atoms with van der Waals surface area (Å²) in [5, 5.41) is 0. The summed E-state index contributed by atoms with van der Waals surface area (Å²) in [6, 6.07) is 11.9. The summed E-state index contributed by atoms with van der Waals surface area (Å²) in [5.41, 5.74) is 1.04. The van der Waals surface area contributed by atoms with E-state index >= 15 is 0 Å². The lowest BCUT2D eigenvalue weighted by Crippen LogP contribution is -2.18. The molecule has 0 spiro atoms. The van der Waals surface area contributed by atoms with Gasteiger partial charge >= 0.3 is 0 Å². The van der Waals surface area contributed by atoms with Gasteiger partial charge in [-0.1, -0.05) is 18.2 Å². The van der Waals surface area contributed by atoms with Gasteiger partial charge in [-0.2, -0.15) is 0 Å². The van der Waals surface area contributed by atoms with Gasteiger partial charge in [0.25, 0.3) is 10.0 Å². The van der Waals surface area contributed by atoms with E-state index < -0.39 is 10.0 Å². The second kappa shape index (κ2) is 5.73. The molecule has 0 bridgehead atoms. The molecule has 0 amide bonds. The smallest absolute Gasteiger partial charge is 0.263 e. The number of nitrogens with one attached hydrogen (secondary N) is 1. The minimum atomic E-state index is -3.57. The zero-order chi connectivity index (χ0) is 14.7. The van der Waals surface area contributed by atoms with E-state index in [4.69, 9.17) is 0 Å². The number of hydrogen-bond acceptors (Lipinski definition) is 4. The van der Waals surface area contributed by atoms with Crippen LogP contribution in [0, 0.1) is 0 Å². The number of anilines is 2. The van der Waals surface area contributed by atoms with Crippen LogP contribution in [-0.2, 0) is 10.0 Å². The van der Waals surface area contributed by atoms with Crippen LogP contribution in [0.4, 0.5) is 11.5 Å². The van der Waals surface area contributed by atoms with Crippen molar-refractivity contribution >= 4 is 21.5 Å². The molecule has 1 saturated heterocycles. The lowest BCUT2D eigenvalue weighted by molar-refractivity contribution is 0.601. The average molecular weight is 303 g/mol. The average Bonchev–Trinajstić information content (AvgIpc) is 3.03. The SMILES string of the molecule is O=S(=O)(Nc1ccc(N2CCCC2)cn1)c1ccccc1. The number of sulfonamides is 1. The molecule has 2 heterocycles. The molecule has 2 aromatic rings. The molecule has 6 heteroatoms. The Hall–Kier alpha value is -2.08. The number of pyridine rings is 1. The van der Waals surface area contributed by atoms with E-state index in [0.717, 1.165) is 18.8 Å². The van der Waals surface area contributed by atoms with Crippen molar-refractivity contribution in [2.24, 2.45) is 0 Å². The third kappa shape index (κ3) is 3.16. The van der Waals surface area contributed by atoms with Gasteiger partial charge in [0.15, 0.2) is 0 Å². The number of rotatable bonds is 4. The van der Waals surface area contributed by atoms with Crippen LogP contribution < -0.4 is 9.62 Å². The van der Waals surface area contributed by atoms with Crippen molar-refractivity contribution in [3.05, 3.63) is 48.7 Å². The fourth-order valence-electron chi connectivity index (χ4n) is 2.41. The van der Waals surface area contributed by atoms with Crippen molar-refractivity contribution in [1.29, 1.82) is 0 Å². The Morgan fingerprint density at radius 1 is 1.00 bits per heavy atom. The maximum absolute atomic E-state index is 12.2. The van der Waals surface area contributed by atoms with Crippen LogP contribution in [0.5, 0.6) is 0 Å². The Balaban J connectivity index is 1.76. The van der Waals surface area contributed by atoms with Crippen LogP contribution in [0.15, 0.2) is 53.6 Å². The highest BCUT2D eigenvalue weighted by molar-refractivity contribution is 7.92. The summed E-state index contributed by atoms with van der Waals surface area (Å²) < 4.78 is 26.9. The molecule has 1 aromatic heterocycles. The number of nitrogens with zero attached hydrogens (tertiary/aromatic N) is 2. The summed E-state index contributed by atoms with van der Waals surface area (Å²) in [4.78, 5) is 6.69. The molecule has 110 valence electrons. The Kier molecular flexibility index (Phi) is 3.79. The summed E-state index contributed by atoms with van der Waals surface area (Å²) >= 11 is 0. The van der Waals surface area contributed by atoms with E-state index in [1.54, 1.807) is 42.6 Å². The van der Waals surface area contributed by atoms with E-state index in [-0.39, 0.29) is 4.90 Å². The zero-order valence-electron chi connectivity index (χ0n) is 11.6. The number of benzene rings is 1. The first-order valence-electron chi connectivity index (χ1n) is 6.94. The minimum absolute atomic E-state index is 0.232. The Bertz CT molecular complexity index is 693. The molecule has 0 atom stereocenters. The Morgan fingerprint density at radius 3 is 2.33 bits per heavy atom.